The molecule has 1 aromatic rings. The van der Waals surface area contributed by atoms with Gasteiger partial charge in [0, 0.05) is 6.04 Å². The molecule has 0 aliphatic heterocycles. The quantitative estimate of drug-likeness (QED) is 0.918. The van der Waals surface area contributed by atoms with E-state index in [0.29, 0.717) is 4.90 Å². The average molecular weight is 309 g/mol. The van der Waals surface area contributed by atoms with Gasteiger partial charge in [-0.25, -0.2) is 13.1 Å². The van der Waals surface area contributed by atoms with Crippen molar-refractivity contribution in [1.29, 1.82) is 0 Å². The highest BCUT2D eigenvalue weighted by atomic mass is 32.2. The van der Waals surface area contributed by atoms with Crippen LogP contribution in [-0.4, -0.2) is 14.5 Å². The third-order valence-electron chi connectivity index (χ3n) is 4.62. The van der Waals surface area contributed by atoms with Crippen LogP contribution in [0, 0.1) is 26.7 Å². The molecule has 0 radical (unpaired) electrons. The first kappa shape index (κ1) is 16.5. The number of nitrogens with one attached hydrogen (secondary N) is 1. The van der Waals surface area contributed by atoms with Gasteiger partial charge in [-0.05, 0) is 63.5 Å². The molecule has 0 heterocycles. The lowest BCUT2D eigenvalue weighted by molar-refractivity contribution is 0.306. The highest BCUT2D eigenvalue weighted by Gasteiger charge is 2.27. The van der Waals surface area contributed by atoms with E-state index < -0.39 is 10.0 Å². The molecule has 1 aliphatic carbocycles. The zero-order valence-corrected chi connectivity index (χ0v) is 14.4. The van der Waals surface area contributed by atoms with Crippen LogP contribution in [0.4, 0.5) is 0 Å². The predicted octanol–water partition coefficient (Wildman–Crippen LogP) is 3.86. The van der Waals surface area contributed by atoms with Crippen LogP contribution in [0.2, 0.25) is 0 Å². The summed E-state index contributed by atoms with van der Waals surface area (Å²) in [6.07, 6.45) is 5.39. The topological polar surface area (TPSA) is 46.2 Å². The molecule has 0 aromatic heterocycles. The molecule has 0 atom stereocenters. The number of hydrogen-bond acceptors (Lipinski definition) is 2. The second-order valence-electron chi connectivity index (χ2n) is 6.48. The Morgan fingerprint density at radius 2 is 1.57 bits per heavy atom. The Morgan fingerprint density at radius 3 is 2.05 bits per heavy atom. The van der Waals surface area contributed by atoms with Crippen molar-refractivity contribution in [3.8, 4) is 0 Å². The summed E-state index contributed by atoms with van der Waals surface area (Å²) in [5.74, 6) is 0.772. The fourth-order valence-electron chi connectivity index (χ4n) is 3.56. The lowest BCUT2D eigenvalue weighted by Gasteiger charge is -2.28. The third-order valence-corrected chi connectivity index (χ3v) is 6.44. The predicted molar refractivity (Wildman–Crippen MR) is 87.0 cm³/mol. The van der Waals surface area contributed by atoms with Crippen molar-refractivity contribution in [2.24, 2.45) is 5.92 Å². The van der Waals surface area contributed by atoms with Crippen molar-refractivity contribution in [2.75, 3.05) is 0 Å². The molecular formula is C17H27NO2S. The van der Waals surface area contributed by atoms with Crippen molar-refractivity contribution >= 4 is 10.0 Å². The smallest absolute Gasteiger partial charge is 0.208 e. The summed E-state index contributed by atoms with van der Waals surface area (Å²) in [5, 5.41) is 0. The molecule has 1 aromatic carbocycles. The van der Waals surface area contributed by atoms with Gasteiger partial charge in [-0.1, -0.05) is 31.0 Å². The molecule has 0 spiro atoms. The Kier molecular flexibility index (Phi) is 5.10. The highest BCUT2D eigenvalue weighted by molar-refractivity contribution is 7.89. The monoisotopic (exact) mass is 309 g/mol. The number of benzene rings is 1. The maximum atomic E-state index is 12.7. The summed E-state index contributed by atoms with van der Waals surface area (Å²) in [5.41, 5.74) is 2.77. The largest absolute Gasteiger partial charge is 0.241 e. The summed E-state index contributed by atoms with van der Waals surface area (Å²) in [6, 6.07) is 3.98. The Labute approximate surface area is 129 Å². The van der Waals surface area contributed by atoms with E-state index in [1.54, 1.807) is 0 Å². The van der Waals surface area contributed by atoms with E-state index >= 15 is 0 Å². The summed E-state index contributed by atoms with van der Waals surface area (Å²) in [7, 11) is -3.41. The maximum Gasteiger partial charge on any atom is 0.241 e. The minimum Gasteiger partial charge on any atom is -0.208 e. The molecule has 0 unspecified atom stereocenters. The first-order valence-electron chi connectivity index (χ1n) is 7.93. The van der Waals surface area contributed by atoms with Gasteiger partial charge in [0.2, 0.25) is 10.0 Å². The average Bonchev–Trinajstić information content (AvgIpc) is 2.37. The minimum absolute atomic E-state index is 0.0953. The lowest BCUT2D eigenvalue weighted by Crippen LogP contribution is -2.38. The summed E-state index contributed by atoms with van der Waals surface area (Å²) in [4.78, 5) is 0.464. The SMILES string of the molecule is CCC1CCC(NS(=O)(=O)c2c(C)cc(C)cc2C)CC1. The zero-order valence-electron chi connectivity index (χ0n) is 13.6. The Bertz CT molecular complexity index is 576. The zero-order chi connectivity index (χ0) is 15.6. The summed E-state index contributed by atoms with van der Waals surface area (Å²) < 4.78 is 28.3. The van der Waals surface area contributed by atoms with Gasteiger partial charge in [0.1, 0.15) is 0 Å². The molecular weight excluding hydrogens is 282 g/mol. The van der Waals surface area contributed by atoms with E-state index in [-0.39, 0.29) is 6.04 Å². The number of aryl methyl sites for hydroxylation is 3. The number of rotatable bonds is 4. The van der Waals surface area contributed by atoms with E-state index in [4.69, 9.17) is 0 Å². The first-order valence-corrected chi connectivity index (χ1v) is 9.42. The van der Waals surface area contributed by atoms with E-state index in [0.717, 1.165) is 48.3 Å². The van der Waals surface area contributed by atoms with E-state index in [1.807, 2.05) is 32.9 Å². The van der Waals surface area contributed by atoms with Gasteiger partial charge in [-0.15, -0.1) is 0 Å². The Hall–Kier alpha value is -0.870. The van der Waals surface area contributed by atoms with Crippen LogP contribution in [0.25, 0.3) is 0 Å². The molecule has 21 heavy (non-hydrogen) atoms. The summed E-state index contributed by atoms with van der Waals surface area (Å²) >= 11 is 0. The van der Waals surface area contributed by atoms with Crippen LogP contribution in [0.5, 0.6) is 0 Å². The molecule has 118 valence electrons. The highest BCUT2D eigenvalue weighted by Crippen LogP contribution is 2.28. The van der Waals surface area contributed by atoms with Gasteiger partial charge < -0.3 is 0 Å². The van der Waals surface area contributed by atoms with Gasteiger partial charge >= 0.3 is 0 Å². The van der Waals surface area contributed by atoms with Gasteiger partial charge in [0.15, 0.2) is 0 Å². The fourth-order valence-corrected chi connectivity index (χ4v) is 5.32. The molecule has 3 nitrogen and oxygen atoms in total. The van der Waals surface area contributed by atoms with Crippen LogP contribution in [0.3, 0.4) is 0 Å². The second kappa shape index (κ2) is 6.49. The van der Waals surface area contributed by atoms with E-state index in [1.165, 1.54) is 6.42 Å². The van der Waals surface area contributed by atoms with Crippen LogP contribution in [-0.2, 0) is 10.0 Å². The van der Waals surface area contributed by atoms with E-state index in [9.17, 15) is 8.42 Å². The molecule has 1 N–H and O–H groups in total. The standard InChI is InChI=1S/C17H27NO2S/c1-5-15-6-8-16(9-7-15)18-21(19,20)17-13(3)10-12(2)11-14(17)4/h10-11,15-16,18H,5-9H2,1-4H3. The first-order chi connectivity index (χ1) is 9.83. The number of hydrogen-bond donors (Lipinski definition) is 1. The van der Waals surface area contributed by atoms with Crippen molar-refractivity contribution in [3.05, 3.63) is 28.8 Å². The molecule has 4 heteroatoms. The van der Waals surface area contributed by atoms with Gasteiger partial charge in [-0.3, -0.25) is 0 Å². The normalized spacial score (nSPS) is 23.2. The maximum absolute atomic E-state index is 12.7. The van der Waals surface area contributed by atoms with Crippen LogP contribution in [0.15, 0.2) is 17.0 Å². The summed E-state index contributed by atoms with van der Waals surface area (Å²) in [6.45, 7) is 7.97. The molecule has 1 aliphatic rings. The van der Waals surface area contributed by atoms with Gasteiger partial charge in [-0.2, -0.15) is 0 Å². The van der Waals surface area contributed by atoms with Crippen molar-refractivity contribution in [2.45, 2.75) is 70.7 Å². The Balaban J connectivity index is 2.16. The van der Waals surface area contributed by atoms with Crippen molar-refractivity contribution in [3.63, 3.8) is 0 Å². The second-order valence-corrected chi connectivity index (χ2v) is 8.13. The third kappa shape index (κ3) is 3.86. The van der Waals surface area contributed by atoms with E-state index in [2.05, 4.69) is 11.6 Å². The molecule has 1 fully saturated rings. The fraction of sp³-hybridized carbons (Fsp3) is 0.647. The van der Waals surface area contributed by atoms with Crippen LogP contribution < -0.4 is 4.72 Å². The molecule has 0 bridgehead atoms. The van der Waals surface area contributed by atoms with Gasteiger partial charge in [0.25, 0.3) is 0 Å². The van der Waals surface area contributed by atoms with Crippen LogP contribution >= 0.6 is 0 Å². The lowest BCUT2D eigenvalue weighted by atomic mass is 9.85. The molecule has 0 saturated heterocycles. The minimum atomic E-state index is -3.41. The Morgan fingerprint density at radius 1 is 1.05 bits per heavy atom. The van der Waals surface area contributed by atoms with Crippen molar-refractivity contribution in [1.82, 2.24) is 4.72 Å². The molecule has 0 amide bonds. The van der Waals surface area contributed by atoms with Crippen LogP contribution in [0.1, 0.15) is 55.7 Å². The molecule has 2 rings (SSSR count). The van der Waals surface area contributed by atoms with Gasteiger partial charge in [0.05, 0.1) is 4.90 Å². The van der Waals surface area contributed by atoms with Crippen molar-refractivity contribution < 1.29 is 8.42 Å². The number of sulfonamides is 1. The molecule has 1 saturated carbocycles.